The molecule has 0 saturated carbocycles. The maximum atomic E-state index is 4.62. The summed E-state index contributed by atoms with van der Waals surface area (Å²) < 4.78 is 4.78. The second-order valence-corrected chi connectivity index (χ2v) is 6.29. The summed E-state index contributed by atoms with van der Waals surface area (Å²) in [7, 11) is 0. The Morgan fingerprint density at radius 3 is 2.13 bits per heavy atom. The lowest BCUT2D eigenvalue weighted by Crippen LogP contribution is -2.38. The van der Waals surface area contributed by atoms with E-state index in [4.69, 9.17) is 0 Å². The molecule has 0 radical (unpaired) electrons. The van der Waals surface area contributed by atoms with E-state index in [0.29, 0.717) is 0 Å². The molecule has 0 unspecified atom stereocenters. The Balaban J connectivity index is 2.42. The molecular weight excluding hydrogens is 204 g/mol. The number of aromatic nitrogens is 1. The molecule has 1 aromatic rings. The van der Waals surface area contributed by atoms with E-state index >= 15 is 0 Å². The van der Waals surface area contributed by atoms with Gasteiger partial charge in [0.2, 0.25) is 0 Å². The van der Waals surface area contributed by atoms with Crippen LogP contribution in [0.4, 0.5) is 0 Å². The molecule has 80 valence electrons. The molecular formula is C12H16N2S. The van der Waals surface area contributed by atoms with Crippen molar-refractivity contribution >= 4 is 17.7 Å². The summed E-state index contributed by atoms with van der Waals surface area (Å²) >= 11 is 1.68. The third-order valence-corrected chi connectivity index (χ3v) is 4.66. The Hall–Kier alpha value is -0.830. The first-order chi connectivity index (χ1) is 6.95. The minimum Gasteiger partial charge on any atom is -0.265 e. The van der Waals surface area contributed by atoms with Crippen LogP contribution in [-0.4, -0.2) is 15.4 Å². The topological polar surface area (TPSA) is 25.2 Å². The lowest BCUT2D eigenvalue weighted by atomic mass is 9.74. The fourth-order valence-corrected chi connectivity index (χ4v) is 2.57. The van der Waals surface area contributed by atoms with Crippen molar-refractivity contribution in [3.8, 4) is 0 Å². The van der Waals surface area contributed by atoms with E-state index in [-0.39, 0.29) is 10.2 Å². The quantitative estimate of drug-likeness (QED) is 0.678. The van der Waals surface area contributed by atoms with Crippen LogP contribution in [0, 0.1) is 5.41 Å². The summed E-state index contributed by atoms with van der Waals surface area (Å²) in [5.41, 5.74) is 2.46. The van der Waals surface area contributed by atoms with Gasteiger partial charge in [-0.15, -0.1) is 0 Å². The fourth-order valence-electron chi connectivity index (χ4n) is 1.60. The number of hydrogen-bond acceptors (Lipinski definition) is 3. The van der Waals surface area contributed by atoms with Crippen molar-refractivity contribution in [3.63, 3.8) is 0 Å². The van der Waals surface area contributed by atoms with E-state index in [1.165, 1.54) is 11.3 Å². The largest absolute Gasteiger partial charge is 0.265 e. The molecule has 0 bridgehead atoms. The Bertz CT molecular complexity index is 393. The zero-order valence-corrected chi connectivity index (χ0v) is 10.4. The van der Waals surface area contributed by atoms with Gasteiger partial charge in [0.05, 0.1) is 5.71 Å². The molecule has 0 saturated heterocycles. The molecule has 3 heteroatoms. The highest BCUT2D eigenvalue weighted by Crippen LogP contribution is 2.50. The number of hydrogen-bond donors (Lipinski definition) is 0. The van der Waals surface area contributed by atoms with Crippen LogP contribution < -0.4 is 0 Å². The first-order valence-corrected chi connectivity index (χ1v) is 5.89. The van der Waals surface area contributed by atoms with Gasteiger partial charge in [0.25, 0.3) is 0 Å². The van der Waals surface area contributed by atoms with E-state index in [1.807, 2.05) is 24.5 Å². The lowest BCUT2D eigenvalue weighted by molar-refractivity contribution is 0.416. The highest BCUT2D eigenvalue weighted by Gasteiger charge is 2.46. The third kappa shape index (κ3) is 1.59. The zero-order chi connectivity index (χ0) is 11.1. The molecule has 0 N–H and O–H groups in total. The van der Waals surface area contributed by atoms with Gasteiger partial charge in [-0.1, -0.05) is 13.8 Å². The van der Waals surface area contributed by atoms with Gasteiger partial charge in [-0.2, -0.15) is 0 Å². The Kier molecular flexibility index (Phi) is 2.38. The van der Waals surface area contributed by atoms with Gasteiger partial charge in [0, 0.05) is 28.1 Å². The first kappa shape index (κ1) is 10.7. The second-order valence-electron chi connectivity index (χ2n) is 4.90. The van der Waals surface area contributed by atoms with Crippen molar-refractivity contribution in [1.82, 2.24) is 4.98 Å². The van der Waals surface area contributed by atoms with E-state index in [1.54, 1.807) is 11.9 Å². The van der Waals surface area contributed by atoms with Crippen LogP contribution in [0.5, 0.6) is 0 Å². The van der Waals surface area contributed by atoms with Gasteiger partial charge >= 0.3 is 0 Å². The van der Waals surface area contributed by atoms with Crippen molar-refractivity contribution in [1.29, 1.82) is 0 Å². The van der Waals surface area contributed by atoms with Gasteiger partial charge < -0.3 is 0 Å². The molecule has 2 rings (SSSR count). The predicted molar refractivity (Wildman–Crippen MR) is 66.2 cm³/mol. The number of pyridine rings is 1. The smallest absolute Gasteiger partial charge is 0.0630 e. The van der Waals surface area contributed by atoms with Crippen LogP contribution in [0.15, 0.2) is 28.9 Å². The van der Waals surface area contributed by atoms with Crippen LogP contribution in [0.25, 0.3) is 0 Å². The molecule has 0 atom stereocenters. The van der Waals surface area contributed by atoms with Gasteiger partial charge in [0.15, 0.2) is 0 Å². The maximum Gasteiger partial charge on any atom is 0.0630 e. The van der Waals surface area contributed by atoms with Crippen molar-refractivity contribution in [2.45, 2.75) is 32.4 Å². The first-order valence-electron chi connectivity index (χ1n) is 5.12. The van der Waals surface area contributed by atoms with Crippen molar-refractivity contribution in [2.24, 2.45) is 9.81 Å². The van der Waals surface area contributed by atoms with Gasteiger partial charge in [-0.25, -0.2) is 4.40 Å². The average Bonchev–Trinajstić information content (AvgIpc) is 2.39. The van der Waals surface area contributed by atoms with Crippen LogP contribution in [0.1, 0.15) is 33.3 Å². The van der Waals surface area contributed by atoms with E-state index in [9.17, 15) is 0 Å². The second kappa shape index (κ2) is 3.34. The molecule has 15 heavy (non-hydrogen) atoms. The summed E-state index contributed by atoms with van der Waals surface area (Å²) in [6.45, 7) is 9.00. The van der Waals surface area contributed by atoms with Crippen LogP contribution in [0.3, 0.4) is 0 Å². The van der Waals surface area contributed by atoms with Gasteiger partial charge in [0.1, 0.15) is 0 Å². The molecule has 0 aliphatic carbocycles. The van der Waals surface area contributed by atoms with Crippen LogP contribution >= 0.6 is 11.9 Å². The summed E-state index contributed by atoms with van der Waals surface area (Å²) in [5, 5.41) is 0. The van der Waals surface area contributed by atoms with Crippen molar-refractivity contribution in [3.05, 3.63) is 30.1 Å². The number of nitrogens with zero attached hydrogens (tertiary/aromatic N) is 2. The Morgan fingerprint density at radius 1 is 1.07 bits per heavy atom. The third-order valence-electron chi connectivity index (χ3n) is 3.42. The van der Waals surface area contributed by atoms with Crippen molar-refractivity contribution in [2.75, 3.05) is 0 Å². The zero-order valence-electron chi connectivity index (χ0n) is 9.61. The molecule has 0 amide bonds. The monoisotopic (exact) mass is 220 g/mol. The predicted octanol–water partition coefficient (Wildman–Crippen LogP) is 3.34. The fraction of sp³-hybridized carbons (Fsp3) is 0.500. The molecule has 1 aromatic heterocycles. The van der Waals surface area contributed by atoms with E-state index in [0.717, 1.165) is 0 Å². The van der Waals surface area contributed by atoms with Crippen LogP contribution in [-0.2, 0) is 0 Å². The molecule has 2 heterocycles. The van der Waals surface area contributed by atoms with Gasteiger partial charge in [-0.05, 0) is 37.9 Å². The average molecular weight is 220 g/mol. The summed E-state index contributed by atoms with van der Waals surface area (Å²) in [6.07, 6.45) is 3.65. The summed E-state index contributed by atoms with van der Waals surface area (Å²) in [4.78, 5) is 4.04. The normalized spacial score (nSPS) is 22.5. The summed E-state index contributed by atoms with van der Waals surface area (Å²) in [5.74, 6) is 0. The lowest BCUT2D eigenvalue weighted by Gasteiger charge is -2.34. The standard InChI is InChI=1S/C12H16N2S/c1-11(2)10(14-15-12(11,3)4)9-5-7-13-8-6-9/h5-8H,1-4H3. The molecule has 0 spiro atoms. The molecule has 1 aliphatic rings. The van der Waals surface area contributed by atoms with Crippen molar-refractivity contribution < 1.29 is 0 Å². The van der Waals surface area contributed by atoms with E-state index < -0.39 is 0 Å². The highest BCUT2D eigenvalue weighted by atomic mass is 32.2. The number of rotatable bonds is 1. The minimum absolute atomic E-state index is 0.0962. The molecule has 2 nitrogen and oxygen atoms in total. The Labute approximate surface area is 95.4 Å². The highest BCUT2D eigenvalue weighted by molar-refractivity contribution is 8.00. The maximum absolute atomic E-state index is 4.62. The van der Waals surface area contributed by atoms with Crippen LogP contribution in [0.2, 0.25) is 0 Å². The van der Waals surface area contributed by atoms with Gasteiger partial charge in [-0.3, -0.25) is 4.98 Å². The molecule has 0 fully saturated rings. The Morgan fingerprint density at radius 2 is 1.67 bits per heavy atom. The summed E-state index contributed by atoms with van der Waals surface area (Å²) in [6, 6.07) is 4.06. The van der Waals surface area contributed by atoms with E-state index in [2.05, 4.69) is 37.1 Å². The molecule has 0 aromatic carbocycles. The SMILES string of the molecule is CC1(C)SN=C(c2ccncc2)C1(C)C. The molecule has 1 aliphatic heterocycles. The minimum atomic E-state index is 0.0962.